The molecular weight excluding hydrogens is 554 g/mol. The number of rotatable bonds is 13. The number of carbonyl (C=O) groups excluding carboxylic acids is 2. The van der Waals surface area contributed by atoms with E-state index in [4.69, 9.17) is 9.47 Å². The van der Waals surface area contributed by atoms with Crippen molar-refractivity contribution in [1.82, 2.24) is 10.2 Å². The third-order valence-electron chi connectivity index (χ3n) is 7.50. The molecule has 0 unspecified atom stereocenters. The number of anilines is 1. The van der Waals surface area contributed by atoms with Crippen LogP contribution in [0, 0.1) is 6.92 Å². The summed E-state index contributed by atoms with van der Waals surface area (Å²) in [6.07, 6.45) is 0.994. The lowest BCUT2D eigenvalue weighted by molar-refractivity contribution is -0.140. The molecule has 0 spiro atoms. The maximum absolute atomic E-state index is 14.3. The summed E-state index contributed by atoms with van der Waals surface area (Å²) in [5.74, 6) is -0.0852. The summed E-state index contributed by atoms with van der Waals surface area (Å²) in [6, 6.07) is 21.0. The smallest absolute Gasteiger partial charge is 0.244 e. The summed E-state index contributed by atoms with van der Waals surface area (Å²) in [4.78, 5) is 29.6. The predicted molar refractivity (Wildman–Crippen MR) is 163 cm³/mol. The Labute approximate surface area is 248 Å². The predicted octanol–water partition coefficient (Wildman–Crippen LogP) is 4.43. The van der Waals surface area contributed by atoms with Gasteiger partial charge in [-0.05, 0) is 56.0 Å². The largest absolute Gasteiger partial charge is 0.454 e. The number of amides is 2. The van der Waals surface area contributed by atoms with Crippen LogP contribution in [0.2, 0.25) is 0 Å². The third-order valence-corrected chi connectivity index (χ3v) is 9.24. The maximum Gasteiger partial charge on any atom is 0.244 e. The van der Waals surface area contributed by atoms with Crippen molar-refractivity contribution in [2.24, 2.45) is 0 Å². The van der Waals surface area contributed by atoms with Gasteiger partial charge in [-0.15, -0.1) is 0 Å². The Balaban J connectivity index is 1.76. The van der Waals surface area contributed by atoms with E-state index in [1.165, 1.54) is 11.8 Å². The average molecular weight is 594 g/mol. The number of fused-ring (bicyclic) bond motifs is 1. The number of hydrogen-bond donors (Lipinski definition) is 1. The van der Waals surface area contributed by atoms with Crippen LogP contribution in [0.1, 0.15) is 43.9 Å². The molecule has 4 rings (SSSR count). The molecule has 1 N–H and O–H groups in total. The first kappa shape index (κ1) is 30.9. The zero-order chi connectivity index (χ0) is 30.3. The fraction of sp³-hybridized carbons (Fsp3) is 0.375. The second kappa shape index (κ2) is 13.7. The zero-order valence-electron chi connectivity index (χ0n) is 24.6. The van der Waals surface area contributed by atoms with Gasteiger partial charge in [0.2, 0.25) is 28.6 Å². The molecule has 2 atom stereocenters. The molecule has 42 heavy (non-hydrogen) atoms. The van der Waals surface area contributed by atoms with E-state index in [2.05, 4.69) is 5.32 Å². The van der Waals surface area contributed by atoms with Gasteiger partial charge in [0.05, 0.1) is 11.4 Å². The van der Waals surface area contributed by atoms with Crippen LogP contribution in [-0.4, -0.2) is 56.3 Å². The van der Waals surface area contributed by atoms with E-state index in [-0.39, 0.29) is 43.1 Å². The minimum Gasteiger partial charge on any atom is -0.454 e. The Morgan fingerprint density at radius 3 is 2.33 bits per heavy atom. The van der Waals surface area contributed by atoms with Crippen molar-refractivity contribution in [3.05, 3.63) is 89.5 Å². The molecule has 0 saturated carbocycles. The molecule has 1 heterocycles. The van der Waals surface area contributed by atoms with Crippen LogP contribution in [-0.2, 0) is 32.6 Å². The normalized spacial score (nSPS) is 13.7. The zero-order valence-corrected chi connectivity index (χ0v) is 25.4. The van der Waals surface area contributed by atoms with Crippen molar-refractivity contribution in [3.63, 3.8) is 0 Å². The van der Waals surface area contributed by atoms with Gasteiger partial charge >= 0.3 is 0 Å². The molecule has 3 aromatic carbocycles. The summed E-state index contributed by atoms with van der Waals surface area (Å²) in [5.41, 5.74) is 3.00. The van der Waals surface area contributed by atoms with Crippen LogP contribution in [0.3, 0.4) is 0 Å². The van der Waals surface area contributed by atoms with Crippen molar-refractivity contribution in [2.45, 2.75) is 59.2 Å². The van der Waals surface area contributed by atoms with Crippen LogP contribution < -0.4 is 19.1 Å². The van der Waals surface area contributed by atoms with Gasteiger partial charge in [-0.2, -0.15) is 0 Å². The first-order chi connectivity index (χ1) is 20.1. The van der Waals surface area contributed by atoms with E-state index >= 15 is 0 Å². The molecule has 3 aromatic rings. The Kier molecular flexibility index (Phi) is 10.1. The van der Waals surface area contributed by atoms with Crippen LogP contribution in [0.4, 0.5) is 5.69 Å². The number of ether oxygens (including phenoxy) is 2. The minimum atomic E-state index is -3.88. The van der Waals surface area contributed by atoms with Gasteiger partial charge in [0.25, 0.3) is 0 Å². The van der Waals surface area contributed by atoms with Crippen LogP contribution >= 0.6 is 0 Å². The van der Waals surface area contributed by atoms with E-state index in [0.717, 1.165) is 27.4 Å². The second-order valence-corrected chi connectivity index (χ2v) is 12.6. The first-order valence-electron chi connectivity index (χ1n) is 14.2. The average Bonchev–Trinajstić information content (AvgIpc) is 3.46. The molecular formula is C32H39N3O6S. The molecule has 0 saturated heterocycles. The molecule has 1 aliphatic heterocycles. The molecule has 0 bridgehead atoms. The van der Waals surface area contributed by atoms with Crippen molar-refractivity contribution in [3.8, 4) is 11.5 Å². The second-order valence-electron chi connectivity index (χ2n) is 10.4. The van der Waals surface area contributed by atoms with Crippen LogP contribution in [0.5, 0.6) is 11.5 Å². The van der Waals surface area contributed by atoms with E-state index in [9.17, 15) is 18.0 Å². The minimum absolute atomic E-state index is 0.0366. The Morgan fingerprint density at radius 2 is 1.64 bits per heavy atom. The highest BCUT2D eigenvalue weighted by Gasteiger charge is 2.34. The maximum atomic E-state index is 14.3. The summed E-state index contributed by atoms with van der Waals surface area (Å²) in [6.45, 7) is 7.07. The molecule has 9 nitrogen and oxygen atoms in total. The van der Waals surface area contributed by atoms with Crippen molar-refractivity contribution in [1.29, 1.82) is 0 Å². The van der Waals surface area contributed by atoms with Gasteiger partial charge in [-0.3, -0.25) is 13.9 Å². The summed E-state index contributed by atoms with van der Waals surface area (Å²) in [5, 5.41) is 3.05. The Hall–Kier alpha value is -4.05. The molecule has 2 amide bonds. The molecule has 1 aliphatic rings. The highest BCUT2D eigenvalue weighted by molar-refractivity contribution is 7.92. The van der Waals surface area contributed by atoms with E-state index in [1.54, 1.807) is 18.2 Å². The van der Waals surface area contributed by atoms with Gasteiger partial charge in [0.1, 0.15) is 12.6 Å². The lowest BCUT2D eigenvalue weighted by Gasteiger charge is -2.34. The third kappa shape index (κ3) is 7.42. The van der Waals surface area contributed by atoms with E-state index in [1.807, 2.05) is 75.4 Å². The van der Waals surface area contributed by atoms with Gasteiger partial charge < -0.3 is 19.7 Å². The standard InChI is InChI=1S/C32H39N3O6S/c1-5-24(4)33-32(37)28(18-25-13-8-7-9-14-25)34(20-26-15-11-10-12-23(26)3)31(36)21-35(42(38,39)6-2)27-16-17-29-30(19-27)41-22-40-29/h7-17,19,24,28H,5-6,18,20-22H2,1-4H3,(H,33,37)/t24-,28-/m0/s1. The number of hydrogen-bond acceptors (Lipinski definition) is 6. The SMILES string of the molecule is CC[C@H](C)NC(=O)[C@H](Cc1ccccc1)N(Cc1ccccc1C)C(=O)CN(c1ccc2c(c1)OCO2)S(=O)(=O)CC. The lowest BCUT2D eigenvalue weighted by Crippen LogP contribution is -2.54. The van der Waals surface area contributed by atoms with E-state index in [0.29, 0.717) is 11.5 Å². The van der Waals surface area contributed by atoms with Gasteiger partial charge in [-0.25, -0.2) is 8.42 Å². The molecule has 0 aromatic heterocycles. The van der Waals surface area contributed by atoms with Gasteiger partial charge in [0, 0.05) is 25.1 Å². The van der Waals surface area contributed by atoms with E-state index < -0.39 is 28.5 Å². The van der Waals surface area contributed by atoms with Crippen LogP contribution in [0.25, 0.3) is 0 Å². The number of aryl methyl sites for hydroxylation is 1. The van der Waals surface area contributed by atoms with Gasteiger partial charge in [0.15, 0.2) is 11.5 Å². The number of benzene rings is 3. The molecule has 0 radical (unpaired) electrons. The van der Waals surface area contributed by atoms with Crippen molar-refractivity contribution < 1.29 is 27.5 Å². The molecule has 224 valence electrons. The number of sulfonamides is 1. The summed E-state index contributed by atoms with van der Waals surface area (Å²) in [7, 11) is -3.88. The quantitative estimate of drug-likeness (QED) is 0.314. The fourth-order valence-electron chi connectivity index (χ4n) is 4.73. The highest BCUT2D eigenvalue weighted by atomic mass is 32.2. The van der Waals surface area contributed by atoms with Crippen molar-refractivity contribution >= 4 is 27.5 Å². The summed E-state index contributed by atoms with van der Waals surface area (Å²) >= 11 is 0. The number of nitrogens with zero attached hydrogens (tertiary/aromatic N) is 2. The van der Waals surface area contributed by atoms with Crippen molar-refractivity contribution in [2.75, 3.05) is 23.4 Å². The lowest BCUT2D eigenvalue weighted by atomic mass is 10.0. The number of nitrogens with one attached hydrogen (secondary N) is 1. The van der Waals surface area contributed by atoms with Crippen LogP contribution in [0.15, 0.2) is 72.8 Å². The summed E-state index contributed by atoms with van der Waals surface area (Å²) < 4.78 is 38.7. The monoisotopic (exact) mass is 593 g/mol. The first-order valence-corrected chi connectivity index (χ1v) is 15.8. The van der Waals surface area contributed by atoms with Gasteiger partial charge in [-0.1, -0.05) is 61.5 Å². The topological polar surface area (TPSA) is 105 Å². The highest BCUT2D eigenvalue weighted by Crippen LogP contribution is 2.36. The molecule has 0 aliphatic carbocycles. The molecule has 0 fully saturated rings. The Bertz CT molecular complexity index is 1500. The fourth-order valence-corrected chi connectivity index (χ4v) is 5.78. The number of carbonyl (C=O) groups is 2. The molecule has 10 heteroatoms. The Morgan fingerprint density at radius 1 is 0.952 bits per heavy atom.